The van der Waals surface area contributed by atoms with Crippen molar-refractivity contribution in [2.75, 3.05) is 13.1 Å². The molecular formula is C24H27Cl2NO3. The Morgan fingerprint density at radius 1 is 1.07 bits per heavy atom. The van der Waals surface area contributed by atoms with E-state index >= 15 is 0 Å². The number of quaternary nitrogens is 1. The maximum atomic E-state index is 12.9. The van der Waals surface area contributed by atoms with Gasteiger partial charge in [0.25, 0.3) is 0 Å². The van der Waals surface area contributed by atoms with E-state index in [-0.39, 0.29) is 17.3 Å². The average molecular weight is 448 g/mol. The maximum absolute atomic E-state index is 12.9. The first-order chi connectivity index (χ1) is 14.4. The van der Waals surface area contributed by atoms with Crippen molar-refractivity contribution in [1.82, 2.24) is 0 Å². The highest BCUT2D eigenvalue weighted by Gasteiger charge is 2.31. The van der Waals surface area contributed by atoms with Gasteiger partial charge in [0.1, 0.15) is 12.3 Å². The molecule has 2 aromatic rings. The minimum absolute atomic E-state index is 0.0853. The van der Waals surface area contributed by atoms with E-state index in [4.69, 9.17) is 27.9 Å². The summed E-state index contributed by atoms with van der Waals surface area (Å²) in [6, 6.07) is 8.09. The maximum Gasteiger partial charge on any atom is 0.231 e. The molecule has 0 aliphatic carbocycles. The van der Waals surface area contributed by atoms with E-state index in [9.17, 15) is 9.90 Å². The number of rotatable bonds is 9. The highest BCUT2D eigenvalue weighted by atomic mass is 35.5. The van der Waals surface area contributed by atoms with E-state index < -0.39 is 0 Å². The normalized spacial score (nSPS) is 14.4. The van der Waals surface area contributed by atoms with Gasteiger partial charge in [0.2, 0.25) is 5.78 Å². The molecule has 0 unspecified atom stereocenters. The lowest BCUT2D eigenvalue weighted by Crippen LogP contribution is -3.10. The second-order valence-electron chi connectivity index (χ2n) is 7.66. The zero-order valence-electron chi connectivity index (χ0n) is 17.4. The number of hydrogen-bond donors (Lipinski definition) is 1. The molecule has 0 saturated carbocycles. The summed E-state index contributed by atoms with van der Waals surface area (Å²) in [6.07, 6.45) is 6.02. The summed E-state index contributed by atoms with van der Waals surface area (Å²) in [7, 11) is 0. The van der Waals surface area contributed by atoms with Crippen LogP contribution in [0.3, 0.4) is 0 Å². The van der Waals surface area contributed by atoms with Crippen LogP contribution in [0, 0.1) is 0 Å². The molecule has 1 N–H and O–H groups in total. The van der Waals surface area contributed by atoms with Gasteiger partial charge in [-0.1, -0.05) is 67.8 Å². The highest BCUT2D eigenvalue weighted by molar-refractivity contribution is 6.35. The van der Waals surface area contributed by atoms with E-state index in [0.717, 1.165) is 38.8 Å². The van der Waals surface area contributed by atoms with Gasteiger partial charge in [-0.2, -0.15) is 0 Å². The lowest BCUT2D eigenvalue weighted by molar-refractivity contribution is -0.914. The van der Waals surface area contributed by atoms with Crippen LogP contribution in [-0.4, -0.2) is 18.9 Å². The van der Waals surface area contributed by atoms with Crippen LogP contribution in [0.1, 0.15) is 61.0 Å². The Bertz CT molecular complexity index is 948. The van der Waals surface area contributed by atoms with Crippen molar-refractivity contribution in [1.29, 1.82) is 0 Å². The molecular weight excluding hydrogens is 421 g/mol. The average Bonchev–Trinajstić information content (AvgIpc) is 3.03. The van der Waals surface area contributed by atoms with E-state index in [1.165, 1.54) is 11.0 Å². The first-order valence-corrected chi connectivity index (χ1v) is 11.3. The van der Waals surface area contributed by atoms with E-state index in [0.29, 0.717) is 39.0 Å². The smallest absolute Gasteiger partial charge is 0.231 e. The van der Waals surface area contributed by atoms with E-state index in [1.54, 1.807) is 30.3 Å². The number of ketones is 1. The summed E-state index contributed by atoms with van der Waals surface area (Å²) >= 11 is 12.2. The van der Waals surface area contributed by atoms with Gasteiger partial charge in [-0.3, -0.25) is 4.79 Å². The van der Waals surface area contributed by atoms with Crippen molar-refractivity contribution < 1.29 is 19.5 Å². The number of hydrogen-bond acceptors (Lipinski definition) is 3. The molecule has 0 atom stereocenters. The summed E-state index contributed by atoms with van der Waals surface area (Å²) in [5.74, 6) is 0.248. The quantitative estimate of drug-likeness (QED) is 0.568. The van der Waals surface area contributed by atoms with Crippen LogP contribution in [0.2, 0.25) is 10.0 Å². The molecule has 0 aromatic heterocycles. The Balaban J connectivity index is 1.91. The van der Waals surface area contributed by atoms with Gasteiger partial charge < -0.3 is 14.7 Å². The number of unbranched alkanes of at least 4 members (excludes halogenated alkanes) is 2. The molecule has 0 saturated heterocycles. The fourth-order valence-corrected chi connectivity index (χ4v) is 4.08. The standard InChI is InChI=1S/C24H27Cl2NO3/c1-3-5-11-27(12-6-4-2)15-19-21(28)10-9-18-23(29)22(30-24(18)19)13-16-7-8-17(25)14-20(16)26/h7-10,13-14,28H,3-6,11-12,15H2,1-2H3/b22-13-. The van der Waals surface area contributed by atoms with Gasteiger partial charge in [0.15, 0.2) is 5.76 Å². The Labute approximate surface area is 188 Å². The summed E-state index contributed by atoms with van der Waals surface area (Å²) in [6.45, 7) is 6.88. The van der Waals surface area contributed by atoms with Crippen LogP contribution >= 0.6 is 23.2 Å². The molecule has 2 aromatic carbocycles. The molecule has 1 aliphatic rings. The van der Waals surface area contributed by atoms with Crippen LogP contribution in [-0.2, 0) is 6.54 Å². The Morgan fingerprint density at radius 3 is 2.40 bits per heavy atom. The lowest BCUT2D eigenvalue weighted by atomic mass is 10.0. The molecule has 0 spiro atoms. The summed E-state index contributed by atoms with van der Waals surface area (Å²) in [4.78, 5) is 14.2. The molecule has 1 heterocycles. The fraction of sp³-hybridized carbons (Fsp3) is 0.375. The molecule has 0 radical (unpaired) electrons. The molecule has 30 heavy (non-hydrogen) atoms. The molecule has 1 aliphatic heterocycles. The van der Waals surface area contributed by atoms with Gasteiger partial charge in [0.05, 0.1) is 18.7 Å². The number of allylic oxidation sites excluding steroid dienone is 1. The largest absolute Gasteiger partial charge is 0.872 e. The highest BCUT2D eigenvalue weighted by Crippen LogP contribution is 2.38. The summed E-state index contributed by atoms with van der Waals surface area (Å²) in [5, 5.41) is 13.6. The lowest BCUT2D eigenvalue weighted by Gasteiger charge is -2.23. The summed E-state index contributed by atoms with van der Waals surface area (Å²) < 4.78 is 5.94. The van der Waals surface area contributed by atoms with E-state index in [1.807, 2.05) is 0 Å². The monoisotopic (exact) mass is 447 g/mol. The Kier molecular flexibility index (Phi) is 7.81. The molecule has 0 bridgehead atoms. The van der Waals surface area contributed by atoms with Crippen molar-refractivity contribution in [2.45, 2.75) is 46.1 Å². The number of halogens is 2. The Morgan fingerprint density at radius 2 is 1.77 bits per heavy atom. The van der Waals surface area contributed by atoms with Crippen LogP contribution in [0.5, 0.6) is 11.5 Å². The second-order valence-corrected chi connectivity index (χ2v) is 8.50. The molecule has 3 rings (SSSR count). The predicted molar refractivity (Wildman–Crippen MR) is 120 cm³/mol. The van der Waals surface area contributed by atoms with Crippen LogP contribution < -0.4 is 14.7 Å². The van der Waals surface area contributed by atoms with Gasteiger partial charge in [-0.05, 0) is 42.7 Å². The van der Waals surface area contributed by atoms with Crippen molar-refractivity contribution in [3.8, 4) is 11.5 Å². The zero-order chi connectivity index (χ0) is 21.7. The number of ether oxygens (including phenoxy) is 1. The van der Waals surface area contributed by atoms with Gasteiger partial charge >= 0.3 is 0 Å². The number of carbonyl (C=O) groups excluding carboxylic acids is 1. The number of fused-ring (bicyclic) bond motifs is 1. The third-order valence-electron chi connectivity index (χ3n) is 5.34. The third kappa shape index (κ3) is 5.18. The van der Waals surface area contributed by atoms with Crippen molar-refractivity contribution in [3.63, 3.8) is 0 Å². The van der Waals surface area contributed by atoms with Crippen molar-refractivity contribution in [2.24, 2.45) is 0 Å². The summed E-state index contributed by atoms with van der Waals surface area (Å²) in [5.41, 5.74) is 1.65. The topological polar surface area (TPSA) is 53.8 Å². The molecule has 6 heteroatoms. The molecule has 0 amide bonds. The first-order valence-electron chi connectivity index (χ1n) is 10.5. The minimum Gasteiger partial charge on any atom is -0.872 e. The number of nitrogens with one attached hydrogen (secondary N) is 1. The fourth-order valence-electron chi connectivity index (χ4n) is 3.62. The van der Waals surface area contributed by atoms with Gasteiger partial charge in [0, 0.05) is 15.6 Å². The van der Waals surface area contributed by atoms with Crippen LogP contribution in [0.15, 0.2) is 36.1 Å². The predicted octanol–water partition coefficient (Wildman–Crippen LogP) is 4.67. The number of benzene rings is 2. The van der Waals surface area contributed by atoms with Crippen molar-refractivity contribution >= 4 is 35.1 Å². The van der Waals surface area contributed by atoms with Crippen LogP contribution in [0.25, 0.3) is 6.08 Å². The number of Topliss-reactive ketones (excluding diaryl/α,β-unsaturated/α-hetero) is 1. The Hall–Kier alpha value is -2.01. The second kappa shape index (κ2) is 10.3. The van der Waals surface area contributed by atoms with Crippen LogP contribution in [0.4, 0.5) is 0 Å². The molecule has 4 nitrogen and oxygen atoms in total. The molecule has 0 fully saturated rings. The van der Waals surface area contributed by atoms with Crippen molar-refractivity contribution in [3.05, 3.63) is 62.8 Å². The third-order valence-corrected chi connectivity index (χ3v) is 5.90. The zero-order valence-corrected chi connectivity index (χ0v) is 18.9. The number of carbonyl (C=O) groups is 1. The van der Waals surface area contributed by atoms with Gasteiger partial charge in [-0.15, -0.1) is 0 Å². The minimum atomic E-state index is -0.235. The SMILES string of the molecule is CCCC[NH+](CCCC)Cc1c([O-])ccc2c1O/C(=C\c1ccc(Cl)cc1Cl)C2=O. The van der Waals surface area contributed by atoms with Gasteiger partial charge in [-0.25, -0.2) is 0 Å². The molecule has 160 valence electrons. The first kappa shape index (κ1) is 22.7. The van der Waals surface area contributed by atoms with E-state index in [2.05, 4.69) is 13.8 Å².